The number of likely N-dealkylation sites (tertiary alicyclic amines) is 1. The van der Waals surface area contributed by atoms with Crippen LogP contribution in [0, 0.1) is 11.8 Å². The summed E-state index contributed by atoms with van der Waals surface area (Å²) in [5, 5.41) is 10.4. The summed E-state index contributed by atoms with van der Waals surface area (Å²) < 4.78 is 39.5. The molecule has 0 bridgehead atoms. The van der Waals surface area contributed by atoms with Gasteiger partial charge in [-0.1, -0.05) is 11.8 Å². The molecule has 4 rings (SSSR count). The number of likely N-dealkylation sites (N-methyl/N-ethyl adjacent to an activating group) is 1. The van der Waals surface area contributed by atoms with E-state index >= 15 is 4.39 Å². The number of ether oxygens (including phenoxy) is 2. The smallest absolute Gasteiger partial charge is 0.367 e. The van der Waals surface area contributed by atoms with Gasteiger partial charge in [-0.05, 0) is 25.1 Å². The van der Waals surface area contributed by atoms with Crippen molar-refractivity contribution in [1.82, 2.24) is 9.88 Å². The molecule has 1 fully saturated rings. The summed E-state index contributed by atoms with van der Waals surface area (Å²) in [6.07, 6.45) is 0.184. The molecule has 0 saturated carbocycles. The number of esters is 1. The van der Waals surface area contributed by atoms with Gasteiger partial charge in [-0.25, -0.2) is 18.6 Å². The summed E-state index contributed by atoms with van der Waals surface area (Å²) in [5.74, 6) is 4.44. The zero-order valence-corrected chi connectivity index (χ0v) is 18.2. The summed E-state index contributed by atoms with van der Waals surface area (Å²) in [7, 11) is 1.58. The van der Waals surface area contributed by atoms with E-state index in [4.69, 9.17) is 9.47 Å². The van der Waals surface area contributed by atoms with Crippen molar-refractivity contribution in [3.05, 3.63) is 33.6 Å². The molecular weight excluding hydrogens is 442 g/mol. The van der Waals surface area contributed by atoms with Crippen LogP contribution in [0.2, 0.25) is 0 Å². The normalized spacial score (nSPS) is 24.0. The van der Waals surface area contributed by atoms with E-state index in [1.807, 2.05) is 0 Å². The third kappa shape index (κ3) is 3.72. The zero-order valence-electron chi connectivity index (χ0n) is 17.4. The second-order valence-corrected chi connectivity index (χ2v) is 8.60. The molecule has 3 heterocycles. The number of fused-ring (bicyclic) bond motifs is 3. The molecule has 1 saturated heterocycles. The quantitative estimate of drug-likeness (QED) is 0.557. The molecule has 1 unspecified atom stereocenters. The molecule has 2 aromatic rings. The Morgan fingerprint density at radius 1 is 1.47 bits per heavy atom. The fraction of sp³-hybridized carbons (Fsp3) is 0.409. The van der Waals surface area contributed by atoms with Crippen molar-refractivity contribution in [3.8, 4) is 28.8 Å². The summed E-state index contributed by atoms with van der Waals surface area (Å²) in [5.41, 5.74) is -3.44. The standard InChI is InChI=1S/C22H20F2N2O5S/c1-3-30-19(27)18-25-16-14-10-13(6-7-22(29)8-9-26(2)20(22)28)4-5-15(14)31-12-21(24,11-23)17(16)32-18/h4-5,10,29H,3,8-9,11-12H2,1-2H3/t21?,22-/m0/s1. The number of halogens is 2. The zero-order chi connectivity index (χ0) is 23.1. The first kappa shape index (κ1) is 22.2. The van der Waals surface area contributed by atoms with Gasteiger partial charge in [0.25, 0.3) is 5.91 Å². The van der Waals surface area contributed by atoms with E-state index in [1.54, 1.807) is 26.1 Å². The van der Waals surface area contributed by atoms with Crippen LogP contribution in [0.1, 0.15) is 33.6 Å². The number of aliphatic hydroxyl groups is 1. The van der Waals surface area contributed by atoms with Crippen LogP contribution in [-0.2, 0) is 15.2 Å². The Morgan fingerprint density at radius 3 is 2.91 bits per heavy atom. The molecule has 168 valence electrons. The van der Waals surface area contributed by atoms with Gasteiger partial charge in [0.1, 0.15) is 19.0 Å². The van der Waals surface area contributed by atoms with E-state index in [0.717, 1.165) is 11.3 Å². The Balaban J connectivity index is 1.79. The highest BCUT2D eigenvalue weighted by Gasteiger charge is 2.43. The molecule has 0 aliphatic carbocycles. The molecule has 1 aromatic heterocycles. The lowest BCUT2D eigenvalue weighted by Crippen LogP contribution is -2.37. The van der Waals surface area contributed by atoms with Gasteiger partial charge in [0.2, 0.25) is 16.3 Å². The van der Waals surface area contributed by atoms with Gasteiger partial charge >= 0.3 is 5.97 Å². The number of carbonyl (C=O) groups is 2. The summed E-state index contributed by atoms with van der Waals surface area (Å²) in [6, 6.07) is 4.66. The number of amides is 1. The molecule has 0 spiro atoms. The van der Waals surface area contributed by atoms with Crippen molar-refractivity contribution in [1.29, 1.82) is 0 Å². The number of alkyl halides is 2. The first-order chi connectivity index (χ1) is 15.2. The van der Waals surface area contributed by atoms with Gasteiger partial charge in [0.05, 0.1) is 17.2 Å². The number of nitrogens with zero attached hydrogens (tertiary/aromatic N) is 2. The van der Waals surface area contributed by atoms with Gasteiger partial charge in [-0.2, -0.15) is 0 Å². The average molecular weight is 462 g/mol. The van der Waals surface area contributed by atoms with Crippen LogP contribution in [0.3, 0.4) is 0 Å². The van der Waals surface area contributed by atoms with Gasteiger partial charge in [-0.3, -0.25) is 4.79 Å². The third-order valence-electron chi connectivity index (χ3n) is 5.31. The predicted molar refractivity (Wildman–Crippen MR) is 112 cm³/mol. The minimum absolute atomic E-state index is 0.0712. The largest absolute Gasteiger partial charge is 0.489 e. The maximum absolute atomic E-state index is 15.4. The highest BCUT2D eigenvalue weighted by Crippen LogP contribution is 2.45. The number of hydrogen-bond acceptors (Lipinski definition) is 7. The van der Waals surface area contributed by atoms with Crippen LogP contribution in [0.5, 0.6) is 5.75 Å². The molecule has 10 heteroatoms. The van der Waals surface area contributed by atoms with Crippen LogP contribution < -0.4 is 4.74 Å². The summed E-state index contributed by atoms with van der Waals surface area (Å²) >= 11 is 0.724. The Bertz CT molecular complexity index is 1160. The van der Waals surface area contributed by atoms with E-state index in [1.165, 1.54) is 11.0 Å². The number of benzene rings is 1. The Labute approximate surface area is 187 Å². The van der Waals surface area contributed by atoms with Crippen LogP contribution in [0.15, 0.2) is 18.2 Å². The summed E-state index contributed by atoms with van der Waals surface area (Å²) in [4.78, 5) is 29.9. The van der Waals surface area contributed by atoms with E-state index in [0.29, 0.717) is 17.7 Å². The molecule has 32 heavy (non-hydrogen) atoms. The lowest BCUT2D eigenvalue weighted by molar-refractivity contribution is -0.137. The highest BCUT2D eigenvalue weighted by molar-refractivity contribution is 7.14. The van der Waals surface area contributed by atoms with Gasteiger partial charge in [-0.15, -0.1) is 11.3 Å². The molecule has 7 nitrogen and oxygen atoms in total. The molecule has 1 aromatic carbocycles. The fourth-order valence-electron chi connectivity index (χ4n) is 3.51. The second kappa shape index (κ2) is 8.15. The van der Waals surface area contributed by atoms with Gasteiger partial charge < -0.3 is 19.5 Å². The van der Waals surface area contributed by atoms with E-state index in [2.05, 4.69) is 16.8 Å². The van der Waals surface area contributed by atoms with Crippen molar-refractivity contribution in [2.45, 2.75) is 24.6 Å². The Kier molecular flexibility index (Phi) is 5.65. The number of carbonyl (C=O) groups excluding carboxylic acids is 2. The third-order valence-corrected chi connectivity index (χ3v) is 6.52. The van der Waals surface area contributed by atoms with Crippen LogP contribution >= 0.6 is 11.3 Å². The number of aromatic nitrogens is 1. The molecule has 2 aliphatic rings. The van der Waals surface area contributed by atoms with Gasteiger partial charge in [0, 0.05) is 31.1 Å². The molecule has 0 radical (unpaired) electrons. The maximum atomic E-state index is 15.4. The average Bonchev–Trinajstić information content (AvgIpc) is 3.32. The van der Waals surface area contributed by atoms with Crippen LogP contribution in [-0.4, -0.2) is 65.9 Å². The molecule has 1 N–H and O–H groups in total. The first-order valence-corrected chi connectivity index (χ1v) is 10.7. The topological polar surface area (TPSA) is 89.0 Å². The fourth-order valence-corrected chi connectivity index (χ4v) is 4.53. The Morgan fingerprint density at radius 2 is 2.25 bits per heavy atom. The monoisotopic (exact) mass is 462 g/mol. The molecular formula is C22H20F2N2O5S. The van der Waals surface area contributed by atoms with Crippen molar-refractivity contribution >= 4 is 23.2 Å². The van der Waals surface area contributed by atoms with Crippen molar-refractivity contribution in [2.75, 3.05) is 33.5 Å². The SMILES string of the molecule is CCOC(=O)c1nc2c(s1)C(F)(CF)COc1ccc(C#C[C@]3(O)CCN(C)C3=O)cc1-2. The van der Waals surface area contributed by atoms with E-state index in [9.17, 15) is 19.1 Å². The lowest BCUT2D eigenvalue weighted by Gasteiger charge is -2.18. The molecule has 2 atom stereocenters. The summed E-state index contributed by atoms with van der Waals surface area (Å²) in [6.45, 7) is 0.200. The number of hydrogen-bond donors (Lipinski definition) is 1. The maximum Gasteiger partial charge on any atom is 0.367 e. The van der Waals surface area contributed by atoms with Crippen molar-refractivity contribution in [3.63, 3.8) is 0 Å². The van der Waals surface area contributed by atoms with Gasteiger partial charge in [0.15, 0.2) is 0 Å². The minimum Gasteiger partial charge on any atom is -0.489 e. The van der Waals surface area contributed by atoms with Crippen LogP contribution in [0.4, 0.5) is 8.78 Å². The van der Waals surface area contributed by atoms with E-state index < -0.39 is 36.4 Å². The molecule has 2 aliphatic heterocycles. The van der Waals surface area contributed by atoms with Crippen LogP contribution in [0.25, 0.3) is 11.3 Å². The lowest BCUT2D eigenvalue weighted by atomic mass is 10.00. The number of rotatable bonds is 3. The first-order valence-electron chi connectivity index (χ1n) is 9.92. The molecule has 1 amide bonds. The Hall–Kier alpha value is -3.03. The highest BCUT2D eigenvalue weighted by atomic mass is 32.1. The second-order valence-electron chi connectivity index (χ2n) is 7.60. The predicted octanol–water partition coefficient (Wildman–Crippen LogP) is 2.46. The van der Waals surface area contributed by atoms with Crippen molar-refractivity contribution in [2.24, 2.45) is 0 Å². The number of thiazole rings is 1. The van der Waals surface area contributed by atoms with Crippen molar-refractivity contribution < 1.29 is 33.0 Å². The van der Waals surface area contributed by atoms with E-state index in [-0.39, 0.29) is 34.4 Å². The minimum atomic E-state index is -2.47.